The molecule has 2 aromatic carbocycles. The molecule has 2 aromatic rings. The molecule has 4 saturated carbocycles. The monoisotopic (exact) mass is 320 g/mol. The molecule has 2 nitrogen and oxygen atoms in total. The average Bonchev–Trinajstić information content (AvgIpc) is 2.57. The van der Waals surface area contributed by atoms with E-state index in [2.05, 4.69) is 24.3 Å². The Kier molecular flexibility index (Phi) is 3.16. The van der Waals surface area contributed by atoms with E-state index in [4.69, 9.17) is 0 Å². The molecule has 4 aliphatic carbocycles. The first kappa shape index (κ1) is 14.4. The second kappa shape index (κ2) is 5.27. The highest BCUT2D eigenvalue weighted by molar-refractivity contribution is 5.35. The molecule has 4 bridgehead atoms. The molecule has 4 atom stereocenters. The molecular weight excluding hydrogens is 296 g/mol. The van der Waals surface area contributed by atoms with Crippen LogP contribution in [0.15, 0.2) is 48.5 Å². The largest absolute Gasteiger partial charge is 0.508 e. The number of phenols is 2. The second-order valence-electron chi connectivity index (χ2n) is 8.23. The van der Waals surface area contributed by atoms with Gasteiger partial charge in [0.05, 0.1) is 0 Å². The molecule has 4 aliphatic rings. The third-order valence-electron chi connectivity index (χ3n) is 6.98. The number of aromatic hydroxyl groups is 2. The third kappa shape index (κ3) is 2.16. The molecule has 0 heterocycles. The van der Waals surface area contributed by atoms with Gasteiger partial charge in [0.15, 0.2) is 0 Å². The van der Waals surface area contributed by atoms with Crippen molar-refractivity contribution in [2.24, 2.45) is 23.7 Å². The minimum absolute atomic E-state index is 0.359. The predicted molar refractivity (Wildman–Crippen MR) is 94.1 cm³/mol. The van der Waals surface area contributed by atoms with E-state index in [0.29, 0.717) is 29.3 Å². The Morgan fingerprint density at radius 1 is 0.583 bits per heavy atom. The van der Waals surface area contributed by atoms with Gasteiger partial charge in [0.1, 0.15) is 11.5 Å². The zero-order chi connectivity index (χ0) is 16.3. The summed E-state index contributed by atoms with van der Waals surface area (Å²) >= 11 is 0. The molecule has 124 valence electrons. The zero-order valence-corrected chi connectivity index (χ0v) is 13.8. The number of rotatable bonds is 2. The fourth-order valence-electron chi connectivity index (χ4n) is 6.35. The van der Waals surface area contributed by atoms with Crippen LogP contribution in [0.3, 0.4) is 0 Å². The quantitative estimate of drug-likeness (QED) is 0.814. The zero-order valence-electron chi connectivity index (χ0n) is 13.8. The van der Waals surface area contributed by atoms with Crippen LogP contribution in [-0.2, 0) is 0 Å². The summed E-state index contributed by atoms with van der Waals surface area (Å²) in [5.74, 6) is 5.20. The second-order valence-corrected chi connectivity index (χ2v) is 8.23. The Morgan fingerprint density at radius 2 is 1.04 bits per heavy atom. The van der Waals surface area contributed by atoms with E-state index < -0.39 is 0 Å². The standard InChI is InChI=1S/C22H24O2/c23-18-5-1-14(2-6-18)21-16-9-13-10-17(12-16)22(20(21)11-13)15-3-7-19(24)8-4-15/h1-8,13,16-17,20-24H,9-12H2. The number of hydrogen-bond acceptors (Lipinski definition) is 2. The van der Waals surface area contributed by atoms with Crippen LogP contribution in [0.25, 0.3) is 0 Å². The van der Waals surface area contributed by atoms with Crippen LogP contribution in [0.5, 0.6) is 11.5 Å². The molecule has 24 heavy (non-hydrogen) atoms. The Morgan fingerprint density at radius 3 is 1.50 bits per heavy atom. The lowest BCUT2D eigenvalue weighted by Gasteiger charge is -2.59. The van der Waals surface area contributed by atoms with Crippen LogP contribution in [0, 0.1) is 23.7 Å². The van der Waals surface area contributed by atoms with E-state index in [1.165, 1.54) is 36.8 Å². The van der Waals surface area contributed by atoms with E-state index in [1.54, 1.807) is 0 Å². The van der Waals surface area contributed by atoms with Crippen molar-refractivity contribution in [1.82, 2.24) is 0 Å². The smallest absolute Gasteiger partial charge is 0.115 e. The minimum Gasteiger partial charge on any atom is -0.508 e. The fourth-order valence-corrected chi connectivity index (χ4v) is 6.35. The van der Waals surface area contributed by atoms with Crippen molar-refractivity contribution in [3.63, 3.8) is 0 Å². The first-order valence-corrected chi connectivity index (χ1v) is 9.27. The van der Waals surface area contributed by atoms with Crippen LogP contribution in [0.4, 0.5) is 0 Å². The highest BCUT2D eigenvalue weighted by Crippen LogP contribution is 2.64. The van der Waals surface area contributed by atoms with Crippen molar-refractivity contribution < 1.29 is 10.2 Å². The van der Waals surface area contributed by atoms with E-state index >= 15 is 0 Å². The SMILES string of the molecule is Oc1ccc(C2C3CC4CC(C3)C(c3ccc(O)cc3)C2C4)cc1. The molecule has 0 amide bonds. The van der Waals surface area contributed by atoms with Gasteiger partial charge in [-0.05, 0) is 96.6 Å². The third-order valence-corrected chi connectivity index (χ3v) is 6.98. The Bertz CT molecular complexity index is 672. The predicted octanol–water partition coefficient (Wildman–Crippen LogP) is 5.03. The molecule has 0 radical (unpaired) electrons. The normalized spacial score (nSPS) is 36.8. The van der Waals surface area contributed by atoms with Crippen LogP contribution < -0.4 is 0 Å². The molecule has 4 fully saturated rings. The van der Waals surface area contributed by atoms with E-state index in [-0.39, 0.29) is 0 Å². The van der Waals surface area contributed by atoms with Gasteiger partial charge in [-0.15, -0.1) is 0 Å². The molecule has 4 unspecified atom stereocenters. The highest BCUT2D eigenvalue weighted by atomic mass is 16.3. The van der Waals surface area contributed by atoms with Crippen molar-refractivity contribution in [3.05, 3.63) is 59.7 Å². The molecule has 0 aliphatic heterocycles. The summed E-state index contributed by atoms with van der Waals surface area (Å²) in [4.78, 5) is 0. The molecule has 6 rings (SSSR count). The van der Waals surface area contributed by atoms with Crippen molar-refractivity contribution >= 4 is 0 Å². The van der Waals surface area contributed by atoms with Crippen molar-refractivity contribution in [2.75, 3.05) is 0 Å². The summed E-state index contributed by atoms with van der Waals surface area (Å²) in [7, 11) is 0. The van der Waals surface area contributed by atoms with Crippen molar-refractivity contribution in [2.45, 2.75) is 37.5 Å². The summed E-state index contributed by atoms with van der Waals surface area (Å²) in [5.41, 5.74) is 2.82. The topological polar surface area (TPSA) is 40.5 Å². The summed E-state index contributed by atoms with van der Waals surface area (Å²) in [6.07, 6.45) is 5.45. The highest BCUT2D eigenvalue weighted by Gasteiger charge is 2.53. The van der Waals surface area contributed by atoms with Crippen LogP contribution in [-0.4, -0.2) is 10.2 Å². The van der Waals surface area contributed by atoms with E-state index in [0.717, 1.165) is 17.8 Å². The van der Waals surface area contributed by atoms with Crippen molar-refractivity contribution in [3.8, 4) is 11.5 Å². The van der Waals surface area contributed by atoms with Crippen molar-refractivity contribution in [1.29, 1.82) is 0 Å². The molecule has 2 N–H and O–H groups in total. The number of phenolic OH excluding ortho intramolecular Hbond substituents is 2. The van der Waals surface area contributed by atoms with Crippen LogP contribution in [0.1, 0.15) is 48.6 Å². The number of hydrogen-bond donors (Lipinski definition) is 2. The summed E-state index contributed by atoms with van der Waals surface area (Å²) in [6.45, 7) is 0. The van der Waals surface area contributed by atoms with Gasteiger partial charge in [0, 0.05) is 0 Å². The van der Waals surface area contributed by atoms with E-state index in [1.807, 2.05) is 24.3 Å². The van der Waals surface area contributed by atoms with Gasteiger partial charge < -0.3 is 10.2 Å². The molecule has 0 aromatic heterocycles. The summed E-state index contributed by atoms with van der Waals surface area (Å²) in [5, 5.41) is 19.3. The molecule has 2 heteroatoms. The first-order chi connectivity index (χ1) is 11.7. The Hall–Kier alpha value is -1.96. The van der Waals surface area contributed by atoms with Gasteiger partial charge in [-0.25, -0.2) is 0 Å². The Labute approximate surface area is 143 Å². The van der Waals surface area contributed by atoms with Gasteiger partial charge in [0.25, 0.3) is 0 Å². The van der Waals surface area contributed by atoms with Gasteiger partial charge in [-0.3, -0.25) is 0 Å². The molecule has 0 saturated heterocycles. The lowest BCUT2D eigenvalue weighted by Crippen LogP contribution is -2.48. The van der Waals surface area contributed by atoms with E-state index in [9.17, 15) is 10.2 Å². The van der Waals surface area contributed by atoms with Gasteiger partial charge in [-0.2, -0.15) is 0 Å². The first-order valence-electron chi connectivity index (χ1n) is 9.27. The maximum absolute atomic E-state index is 9.64. The molecule has 0 spiro atoms. The summed E-state index contributed by atoms with van der Waals surface area (Å²) < 4.78 is 0. The van der Waals surface area contributed by atoms with Crippen LogP contribution in [0.2, 0.25) is 0 Å². The molecular formula is C22H24O2. The Balaban J connectivity index is 1.55. The maximum atomic E-state index is 9.64. The van der Waals surface area contributed by atoms with Gasteiger partial charge >= 0.3 is 0 Å². The average molecular weight is 320 g/mol. The maximum Gasteiger partial charge on any atom is 0.115 e. The lowest BCUT2D eigenvalue weighted by molar-refractivity contribution is -0.0242. The van der Waals surface area contributed by atoms with Gasteiger partial charge in [0.2, 0.25) is 0 Å². The fraction of sp³-hybridized carbons (Fsp3) is 0.455. The lowest BCUT2D eigenvalue weighted by atomic mass is 9.46. The van der Waals surface area contributed by atoms with Crippen LogP contribution >= 0.6 is 0 Å². The van der Waals surface area contributed by atoms with Gasteiger partial charge in [-0.1, -0.05) is 24.3 Å². The summed E-state index contributed by atoms with van der Waals surface area (Å²) in [6, 6.07) is 15.9. The number of benzene rings is 2. The minimum atomic E-state index is 0.359.